The lowest BCUT2D eigenvalue weighted by atomic mass is 10.1. The van der Waals surface area contributed by atoms with E-state index in [9.17, 15) is 8.42 Å². The lowest BCUT2D eigenvalue weighted by Crippen LogP contribution is -2.45. The van der Waals surface area contributed by atoms with Crippen LogP contribution in [-0.2, 0) is 10.0 Å². The van der Waals surface area contributed by atoms with Gasteiger partial charge in [0, 0.05) is 12.1 Å². The van der Waals surface area contributed by atoms with E-state index in [1.54, 1.807) is 32.0 Å². The van der Waals surface area contributed by atoms with Gasteiger partial charge in [0.05, 0.1) is 14.2 Å². The molecule has 0 aromatic heterocycles. The molecular formula is C12H21ClN2O4S. The lowest BCUT2D eigenvalue weighted by molar-refractivity contribution is 0.372. The molecule has 0 bridgehead atoms. The predicted molar refractivity (Wildman–Crippen MR) is 80.2 cm³/mol. The Balaban J connectivity index is 0.00000361. The number of hydrogen-bond acceptors (Lipinski definition) is 5. The van der Waals surface area contributed by atoms with E-state index in [0.717, 1.165) is 0 Å². The molecule has 0 aliphatic heterocycles. The van der Waals surface area contributed by atoms with E-state index < -0.39 is 15.6 Å². The first-order valence-electron chi connectivity index (χ1n) is 5.71. The predicted octanol–water partition coefficient (Wildman–Crippen LogP) is 1.14. The van der Waals surface area contributed by atoms with Crippen molar-refractivity contribution >= 4 is 22.4 Å². The van der Waals surface area contributed by atoms with Crippen LogP contribution in [0.1, 0.15) is 13.8 Å². The number of sulfonamides is 1. The molecule has 0 aliphatic rings. The van der Waals surface area contributed by atoms with Crippen molar-refractivity contribution in [1.82, 2.24) is 4.72 Å². The van der Waals surface area contributed by atoms with Crippen LogP contribution in [0.4, 0.5) is 0 Å². The minimum absolute atomic E-state index is 0. The first kappa shape index (κ1) is 19.0. The Morgan fingerprint density at radius 3 is 2.00 bits per heavy atom. The molecule has 0 saturated heterocycles. The second-order valence-corrected chi connectivity index (χ2v) is 6.51. The summed E-state index contributed by atoms with van der Waals surface area (Å²) in [5.41, 5.74) is 5.12. The first-order valence-corrected chi connectivity index (χ1v) is 7.19. The minimum atomic E-state index is -3.76. The molecule has 1 rings (SSSR count). The fourth-order valence-electron chi connectivity index (χ4n) is 1.44. The Morgan fingerprint density at radius 1 is 1.20 bits per heavy atom. The van der Waals surface area contributed by atoms with Crippen LogP contribution in [0.5, 0.6) is 11.5 Å². The van der Waals surface area contributed by atoms with Crippen molar-refractivity contribution in [2.75, 3.05) is 20.8 Å². The van der Waals surface area contributed by atoms with Crippen LogP contribution >= 0.6 is 12.4 Å². The van der Waals surface area contributed by atoms with Crippen LogP contribution in [0, 0.1) is 0 Å². The smallest absolute Gasteiger partial charge is 0.248 e. The number of hydrogen-bond donors (Lipinski definition) is 2. The third-order valence-corrected chi connectivity index (χ3v) is 3.83. The van der Waals surface area contributed by atoms with E-state index >= 15 is 0 Å². The zero-order valence-corrected chi connectivity index (χ0v) is 13.6. The summed E-state index contributed by atoms with van der Waals surface area (Å²) in [6.07, 6.45) is 0. The molecule has 3 N–H and O–H groups in total. The van der Waals surface area contributed by atoms with Crippen LogP contribution in [0.15, 0.2) is 23.1 Å². The van der Waals surface area contributed by atoms with Gasteiger partial charge in [-0.1, -0.05) is 6.07 Å². The summed E-state index contributed by atoms with van der Waals surface area (Å²) in [7, 11) is -0.952. The van der Waals surface area contributed by atoms with Crippen LogP contribution in [-0.4, -0.2) is 34.7 Å². The number of rotatable bonds is 6. The standard InChI is InChI=1S/C12H20N2O4S.ClH/c1-12(2,13)8-14-19(15,16)11-9(17-3)6-5-7-10(11)18-4;/h5-7,14H,8,13H2,1-4H3;1H. The summed E-state index contributed by atoms with van der Waals surface area (Å²) in [5.74, 6) is 0.448. The molecule has 1 aromatic rings. The molecule has 116 valence electrons. The summed E-state index contributed by atoms with van der Waals surface area (Å²) < 4.78 is 37.2. The molecule has 8 heteroatoms. The molecule has 1 aromatic carbocycles. The first-order chi connectivity index (χ1) is 8.71. The van der Waals surface area contributed by atoms with Crippen molar-refractivity contribution in [1.29, 1.82) is 0 Å². The van der Waals surface area contributed by atoms with Crippen molar-refractivity contribution in [2.45, 2.75) is 24.3 Å². The molecule has 0 aliphatic carbocycles. The fourth-order valence-corrected chi connectivity index (χ4v) is 2.97. The minimum Gasteiger partial charge on any atom is -0.495 e. The Morgan fingerprint density at radius 2 is 1.65 bits per heavy atom. The van der Waals surface area contributed by atoms with Gasteiger partial charge >= 0.3 is 0 Å². The lowest BCUT2D eigenvalue weighted by Gasteiger charge is -2.20. The van der Waals surface area contributed by atoms with Gasteiger partial charge in [-0.2, -0.15) is 0 Å². The van der Waals surface area contributed by atoms with E-state index in [1.165, 1.54) is 14.2 Å². The molecule has 0 fully saturated rings. The van der Waals surface area contributed by atoms with E-state index in [1.807, 2.05) is 0 Å². The molecular weight excluding hydrogens is 304 g/mol. The maximum atomic E-state index is 12.3. The summed E-state index contributed by atoms with van der Waals surface area (Å²) >= 11 is 0. The van der Waals surface area contributed by atoms with E-state index in [0.29, 0.717) is 0 Å². The maximum absolute atomic E-state index is 12.3. The SMILES string of the molecule is COc1cccc(OC)c1S(=O)(=O)NCC(C)(C)N.Cl. The van der Waals surface area contributed by atoms with Crippen LogP contribution in [0.3, 0.4) is 0 Å². The molecule has 0 spiro atoms. The molecule has 6 nitrogen and oxygen atoms in total. The fraction of sp³-hybridized carbons (Fsp3) is 0.500. The zero-order valence-electron chi connectivity index (χ0n) is 12.0. The van der Waals surface area contributed by atoms with E-state index in [4.69, 9.17) is 15.2 Å². The Labute approximate surface area is 126 Å². The van der Waals surface area contributed by atoms with Gasteiger partial charge < -0.3 is 15.2 Å². The number of nitrogens with two attached hydrogens (primary N) is 1. The topological polar surface area (TPSA) is 90.6 Å². The van der Waals surface area contributed by atoms with Gasteiger partial charge in [-0.25, -0.2) is 13.1 Å². The van der Waals surface area contributed by atoms with Gasteiger partial charge in [-0.3, -0.25) is 0 Å². The van der Waals surface area contributed by atoms with Crippen molar-refractivity contribution in [3.05, 3.63) is 18.2 Å². The zero-order chi connectivity index (χ0) is 14.7. The third kappa shape index (κ3) is 4.82. The van der Waals surface area contributed by atoms with Crippen LogP contribution in [0.2, 0.25) is 0 Å². The molecule has 0 radical (unpaired) electrons. The number of halogens is 1. The maximum Gasteiger partial charge on any atom is 0.248 e. The van der Waals surface area contributed by atoms with E-state index in [-0.39, 0.29) is 35.3 Å². The van der Waals surface area contributed by atoms with Gasteiger partial charge in [-0.05, 0) is 26.0 Å². The second kappa shape index (κ2) is 7.12. The van der Waals surface area contributed by atoms with Gasteiger partial charge in [0.25, 0.3) is 0 Å². The molecule has 0 saturated carbocycles. The highest BCUT2D eigenvalue weighted by molar-refractivity contribution is 7.89. The molecule has 0 unspecified atom stereocenters. The highest BCUT2D eigenvalue weighted by Gasteiger charge is 2.26. The van der Waals surface area contributed by atoms with Gasteiger partial charge in [-0.15, -0.1) is 12.4 Å². The Hall–Kier alpha value is -1.02. The Kier molecular flexibility index (Phi) is 6.76. The van der Waals surface area contributed by atoms with Crippen molar-refractivity contribution in [2.24, 2.45) is 5.73 Å². The summed E-state index contributed by atoms with van der Waals surface area (Å²) in [6.45, 7) is 3.57. The number of nitrogens with one attached hydrogen (secondary N) is 1. The molecule has 0 amide bonds. The third-order valence-electron chi connectivity index (χ3n) is 2.37. The van der Waals surface area contributed by atoms with Crippen LogP contribution in [0.25, 0.3) is 0 Å². The van der Waals surface area contributed by atoms with Gasteiger partial charge in [0.2, 0.25) is 10.0 Å². The van der Waals surface area contributed by atoms with Gasteiger partial charge in [0.1, 0.15) is 11.5 Å². The average Bonchev–Trinajstić information content (AvgIpc) is 2.34. The monoisotopic (exact) mass is 324 g/mol. The van der Waals surface area contributed by atoms with Crippen molar-refractivity contribution in [3.63, 3.8) is 0 Å². The summed E-state index contributed by atoms with van der Waals surface area (Å²) in [4.78, 5) is -0.0238. The van der Waals surface area contributed by atoms with Crippen molar-refractivity contribution < 1.29 is 17.9 Å². The second-order valence-electron chi connectivity index (χ2n) is 4.80. The highest BCUT2D eigenvalue weighted by atomic mass is 35.5. The molecule has 0 heterocycles. The summed E-state index contributed by atoms with van der Waals surface area (Å²) in [6, 6.07) is 4.78. The van der Waals surface area contributed by atoms with E-state index in [2.05, 4.69) is 4.72 Å². The quantitative estimate of drug-likeness (QED) is 0.819. The highest BCUT2D eigenvalue weighted by Crippen LogP contribution is 2.32. The normalized spacial score (nSPS) is 11.7. The number of methoxy groups -OCH3 is 2. The average molecular weight is 325 g/mol. The largest absolute Gasteiger partial charge is 0.495 e. The van der Waals surface area contributed by atoms with Gasteiger partial charge in [0.15, 0.2) is 4.90 Å². The molecule has 0 atom stereocenters. The Bertz CT molecular complexity index is 519. The van der Waals surface area contributed by atoms with Crippen molar-refractivity contribution in [3.8, 4) is 11.5 Å². The number of ether oxygens (including phenoxy) is 2. The number of benzene rings is 1. The summed E-state index contributed by atoms with van der Waals surface area (Å²) in [5, 5.41) is 0. The van der Waals surface area contributed by atoms with Crippen LogP contribution < -0.4 is 19.9 Å². The molecule has 20 heavy (non-hydrogen) atoms.